The Bertz CT molecular complexity index is 468. The van der Waals surface area contributed by atoms with Crippen LogP contribution in [0.3, 0.4) is 0 Å². The van der Waals surface area contributed by atoms with E-state index in [1.165, 1.54) is 0 Å². The van der Waals surface area contributed by atoms with Gasteiger partial charge in [-0.15, -0.1) is 0 Å². The van der Waals surface area contributed by atoms with Gasteiger partial charge in [0.15, 0.2) is 0 Å². The highest BCUT2D eigenvalue weighted by Gasteiger charge is 2.13. The molecule has 0 spiro atoms. The van der Waals surface area contributed by atoms with Crippen LogP contribution >= 0.6 is 0 Å². The van der Waals surface area contributed by atoms with Crippen molar-refractivity contribution in [2.24, 2.45) is 5.92 Å². The predicted molar refractivity (Wildman–Crippen MR) is 77.2 cm³/mol. The normalized spacial score (nSPS) is 11.9. The number of Topliss-reactive ketones (excluding diaryl/α,β-unsaturated/α-hetero) is 1. The number of aliphatic carboxylic acids is 1. The largest absolute Gasteiger partial charge is 0.481 e. The van der Waals surface area contributed by atoms with Crippen LogP contribution in [0.5, 0.6) is 0 Å². The van der Waals surface area contributed by atoms with Crippen LogP contribution in [-0.2, 0) is 22.4 Å². The van der Waals surface area contributed by atoms with Gasteiger partial charge in [0.05, 0.1) is 5.92 Å². The number of hydrogen-bond donors (Lipinski definition) is 1. The third-order valence-corrected chi connectivity index (χ3v) is 3.27. The molecule has 101 valence electrons. The molecule has 0 saturated carbocycles. The van der Waals surface area contributed by atoms with Crippen LogP contribution in [-0.4, -0.2) is 24.1 Å². The molecule has 1 N–H and O–H groups in total. The highest BCUT2D eigenvalue weighted by molar-refractivity contribution is 6.51. The highest BCUT2D eigenvalue weighted by atomic mass is 16.4. The van der Waals surface area contributed by atoms with Gasteiger partial charge in [0, 0.05) is 6.42 Å². The van der Waals surface area contributed by atoms with Crippen molar-refractivity contribution in [2.45, 2.75) is 39.9 Å². The average Bonchev–Trinajstić information content (AvgIpc) is 2.36. The molecule has 0 fully saturated rings. The van der Waals surface area contributed by atoms with E-state index in [0.29, 0.717) is 19.3 Å². The first-order chi connectivity index (χ1) is 8.93. The number of carbonyl (C=O) groups is 2. The van der Waals surface area contributed by atoms with E-state index >= 15 is 0 Å². The summed E-state index contributed by atoms with van der Waals surface area (Å²) < 4.78 is 0. The van der Waals surface area contributed by atoms with Crippen molar-refractivity contribution in [3.8, 4) is 0 Å². The van der Waals surface area contributed by atoms with Gasteiger partial charge in [-0.1, -0.05) is 37.4 Å². The lowest BCUT2D eigenvalue weighted by atomic mass is 9.72. The molecule has 0 amide bonds. The Kier molecular flexibility index (Phi) is 5.80. The molecule has 0 aliphatic rings. The lowest BCUT2D eigenvalue weighted by molar-refractivity contribution is -0.141. The number of benzene rings is 1. The SMILES string of the molecule is C[B]c1ccc(CC(C)=O)c(CCC(C)C(=O)O)c1. The van der Waals surface area contributed by atoms with E-state index in [1.807, 2.05) is 32.3 Å². The minimum Gasteiger partial charge on any atom is -0.481 e. The summed E-state index contributed by atoms with van der Waals surface area (Å²) in [5.41, 5.74) is 3.19. The molecular weight excluding hydrogens is 239 g/mol. The quantitative estimate of drug-likeness (QED) is 0.760. The fourth-order valence-corrected chi connectivity index (χ4v) is 1.99. The predicted octanol–water partition coefficient (Wildman–Crippen LogP) is 1.85. The Labute approximate surface area is 115 Å². The van der Waals surface area contributed by atoms with Crippen molar-refractivity contribution in [3.63, 3.8) is 0 Å². The summed E-state index contributed by atoms with van der Waals surface area (Å²) in [6.45, 7) is 5.25. The summed E-state index contributed by atoms with van der Waals surface area (Å²) in [6, 6.07) is 6.01. The average molecular weight is 259 g/mol. The van der Waals surface area contributed by atoms with E-state index in [-0.39, 0.29) is 11.7 Å². The molecule has 3 nitrogen and oxygen atoms in total. The fraction of sp³-hybridized carbons (Fsp3) is 0.467. The van der Waals surface area contributed by atoms with Crippen LogP contribution in [0.1, 0.15) is 31.4 Å². The second kappa shape index (κ2) is 7.12. The topological polar surface area (TPSA) is 54.4 Å². The molecule has 1 aromatic carbocycles. The standard InChI is InChI=1S/C15H20BO3/c1-10(15(18)19)4-5-13-9-14(16-3)7-6-12(13)8-11(2)17/h6-7,9-10H,4-5,8H2,1-3H3,(H,18,19). The molecular formula is C15H20BO3. The molecule has 1 rings (SSSR count). The molecule has 0 bridgehead atoms. The van der Waals surface area contributed by atoms with Gasteiger partial charge in [0.1, 0.15) is 13.1 Å². The van der Waals surface area contributed by atoms with Gasteiger partial charge in [0.25, 0.3) is 0 Å². The maximum absolute atomic E-state index is 11.3. The molecule has 0 aliphatic carbocycles. The highest BCUT2D eigenvalue weighted by Crippen LogP contribution is 2.15. The summed E-state index contributed by atoms with van der Waals surface area (Å²) in [4.78, 5) is 22.1. The monoisotopic (exact) mass is 259 g/mol. The summed E-state index contributed by atoms with van der Waals surface area (Å²) in [6.07, 6.45) is 1.70. The van der Waals surface area contributed by atoms with Crippen LogP contribution in [0.15, 0.2) is 18.2 Å². The van der Waals surface area contributed by atoms with Crippen LogP contribution in [0.25, 0.3) is 0 Å². The molecule has 19 heavy (non-hydrogen) atoms. The van der Waals surface area contributed by atoms with Gasteiger partial charge >= 0.3 is 5.97 Å². The first-order valence-electron chi connectivity index (χ1n) is 6.57. The summed E-state index contributed by atoms with van der Waals surface area (Å²) >= 11 is 0. The van der Waals surface area contributed by atoms with Crippen LogP contribution in [0.2, 0.25) is 6.82 Å². The minimum absolute atomic E-state index is 0.126. The lowest BCUT2D eigenvalue weighted by Gasteiger charge is -2.12. The molecule has 0 aromatic heterocycles. The third-order valence-electron chi connectivity index (χ3n) is 3.27. The van der Waals surface area contributed by atoms with Gasteiger partial charge in [-0.3, -0.25) is 9.59 Å². The number of hydrogen-bond acceptors (Lipinski definition) is 2. The van der Waals surface area contributed by atoms with Gasteiger partial charge in [0.2, 0.25) is 0 Å². The summed E-state index contributed by atoms with van der Waals surface area (Å²) in [5.74, 6) is -1.01. The Morgan fingerprint density at radius 2 is 2.00 bits per heavy atom. The van der Waals surface area contributed by atoms with Crippen molar-refractivity contribution < 1.29 is 14.7 Å². The van der Waals surface area contributed by atoms with Crippen LogP contribution in [0, 0.1) is 5.92 Å². The summed E-state index contributed by atoms with van der Waals surface area (Å²) in [5, 5.41) is 8.92. The van der Waals surface area contributed by atoms with Crippen LogP contribution < -0.4 is 5.46 Å². The van der Waals surface area contributed by atoms with Crippen molar-refractivity contribution in [1.29, 1.82) is 0 Å². The second-order valence-electron chi connectivity index (χ2n) is 4.97. The fourth-order valence-electron chi connectivity index (χ4n) is 1.99. The van der Waals surface area contributed by atoms with Crippen LogP contribution in [0.4, 0.5) is 0 Å². The Balaban J connectivity index is 2.87. The maximum atomic E-state index is 11.3. The first-order valence-corrected chi connectivity index (χ1v) is 6.57. The van der Waals surface area contributed by atoms with E-state index in [1.54, 1.807) is 13.8 Å². The Morgan fingerprint density at radius 1 is 1.32 bits per heavy atom. The zero-order chi connectivity index (χ0) is 14.4. The minimum atomic E-state index is -0.772. The van der Waals surface area contributed by atoms with Gasteiger partial charge in [-0.25, -0.2) is 0 Å². The van der Waals surface area contributed by atoms with E-state index in [2.05, 4.69) is 0 Å². The lowest BCUT2D eigenvalue weighted by Crippen LogP contribution is -2.15. The molecule has 1 radical (unpaired) electrons. The zero-order valence-corrected chi connectivity index (χ0v) is 11.8. The zero-order valence-electron chi connectivity index (χ0n) is 11.8. The summed E-state index contributed by atoms with van der Waals surface area (Å²) in [7, 11) is 2.00. The third kappa shape index (κ3) is 4.89. The molecule has 4 heteroatoms. The van der Waals surface area contributed by atoms with E-state index in [4.69, 9.17) is 5.11 Å². The molecule has 0 saturated heterocycles. The molecule has 1 atom stereocenters. The molecule has 1 unspecified atom stereocenters. The van der Waals surface area contributed by atoms with E-state index in [0.717, 1.165) is 16.6 Å². The molecule has 1 aromatic rings. The smallest absolute Gasteiger partial charge is 0.306 e. The first kappa shape index (κ1) is 15.5. The number of ketones is 1. The number of carboxylic acid groups (broad SMARTS) is 1. The second-order valence-corrected chi connectivity index (χ2v) is 4.97. The molecule has 0 aliphatic heterocycles. The molecule has 0 heterocycles. The Hall–Kier alpha value is -1.58. The van der Waals surface area contributed by atoms with Gasteiger partial charge in [-0.2, -0.15) is 0 Å². The maximum Gasteiger partial charge on any atom is 0.306 e. The van der Waals surface area contributed by atoms with Crippen molar-refractivity contribution in [3.05, 3.63) is 29.3 Å². The van der Waals surface area contributed by atoms with Crippen molar-refractivity contribution in [1.82, 2.24) is 0 Å². The van der Waals surface area contributed by atoms with E-state index in [9.17, 15) is 9.59 Å². The van der Waals surface area contributed by atoms with Gasteiger partial charge in [-0.05, 0) is 30.9 Å². The number of rotatable bonds is 7. The van der Waals surface area contributed by atoms with Crippen molar-refractivity contribution in [2.75, 3.05) is 0 Å². The van der Waals surface area contributed by atoms with Crippen molar-refractivity contribution >= 4 is 24.5 Å². The number of aryl methyl sites for hydroxylation is 1. The number of carboxylic acids is 1. The Morgan fingerprint density at radius 3 is 2.53 bits per heavy atom. The van der Waals surface area contributed by atoms with E-state index < -0.39 is 5.97 Å². The van der Waals surface area contributed by atoms with Gasteiger partial charge < -0.3 is 5.11 Å². The number of carbonyl (C=O) groups excluding carboxylic acids is 1.